The molecule has 1 aromatic carbocycles. The Labute approximate surface area is 113 Å². The number of carboxylic acid groups (broad SMARTS) is 1. The molecule has 0 amide bonds. The summed E-state index contributed by atoms with van der Waals surface area (Å²) in [6.07, 6.45) is 0. The van der Waals surface area contributed by atoms with E-state index in [9.17, 15) is 4.79 Å². The molecule has 0 fully saturated rings. The highest BCUT2D eigenvalue weighted by Crippen LogP contribution is 2.25. The lowest BCUT2D eigenvalue weighted by Gasteiger charge is -2.06. The Kier molecular flexibility index (Phi) is 3.79. The predicted molar refractivity (Wildman–Crippen MR) is 69.5 cm³/mol. The Morgan fingerprint density at radius 2 is 2.06 bits per heavy atom. The number of furan rings is 1. The smallest absolute Gasteiger partial charge is 0.371 e. The van der Waals surface area contributed by atoms with Crippen molar-refractivity contribution < 1.29 is 14.3 Å². The molecule has 0 saturated heterocycles. The maximum absolute atomic E-state index is 10.6. The minimum absolute atomic E-state index is 0.0889. The summed E-state index contributed by atoms with van der Waals surface area (Å²) in [5, 5.41) is 12.8. The number of aromatic carboxylic acids is 1. The van der Waals surface area contributed by atoms with Crippen LogP contribution < -0.4 is 5.32 Å². The number of carbonyl (C=O) groups is 1. The normalized spacial score (nSPS) is 10.3. The van der Waals surface area contributed by atoms with Crippen LogP contribution in [0.3, 0.4) is 0 Å². The third-order valence-electron chi connectivity index (χ3n) is 2.26. The topological polar surface area (TPSA) is 62.5 Å². The number of carboxylic acids is 1. The van der Waals surface area contributed by atoms with Gasteiger partial charge in [-0.3, -0.25) is 0 Å². The van der Waals surface area contributed by atoms with E-state index in [1.807, 2.05) is 0 Å². The third-order valence-corrected chi connectivity index (χ3v) is 2.80. The summed E-state index contributed by atoms with van der Waals surface area (Å²) in [4.78, 5) is 10.6. The molecule has 2 N–H and O–H groups in total. The number of anilines is 1. The van der Waals surface area contributed by atoms with Gasteiger partial charge in [0, 0.05) is 5.02 Å². The molecule has 0 aliphatic carbocycles. The average Bonchev–Trinajstić information content (AvgIpc) is 2.76. The zero-order valence-electron chi connectivity index (χ0n) is 9.11. The van der Waals surface area contributed by atoms with Crippen molar-refractivity contribution in [1.82, 2.24) is 0 Å². The van der Waals surface area contributed by atoms with Gasteiger partial charge in [0.15, 0.2) is 0 Å². The van der Waals surface area contributed by atoms with Gasteiger partial charge in [0.25, 0.3) is 0 Å². The molecule has 1 aromatic heterocycles. The highest BCUT2D eigenvalue weighted by Gasteiger charge is 2.09. The summed E-state index contributed by atoms with van der Waals surface area (Å²) in [6.45, 7) is 0.342. The molecule has 18 heavy (non-hydrogen) atoms. The summed E-state index contributed by atoms with van der Waals surface area (Å²) in [5.41, 5.74) is 0.703. The summed E-state index contributed by atoms with van der Waals surface area (Å²) in [6, 6.07) is 8.08. The lowest BCUT2D eigenvalue weighted by atomic mass is 10.3. The molecular weight excluding hydrogens is 277 g/mol. The van der Waals surface area contributed by atoms with Crippen LogP contribution in [0.25, 0.3) is 0 Å². The van der Waals surface area contributed by atoms with E-state index in [1.165, 1.54) is 6.07 Å². The highest BCUT2D eigenvalue weighted by atomic mass is 35.5. The first-order valence-electron chi connectivity index (χ1n) is 5.07. The second-order valence-corrected chi connectivity index (χ2v) is 4.39. The lowest BCUT2D eigenvalue weighted by molar-refractivity contribution is 0.0660. The molecule has 4 nitrogen and oxygen atoms in total. The van der Waals surface area contributed by atoms with Crippen molar-refractivity contribution in [2.24, 2.45) is 0 Å². The number of benzene rings is 1. The molecule has 0 unspecified atom stereocenters. The van der Waals surface area contributed by atoms with Crippen molar-refractivity contribution in [2.75, 3.05) is 5.32 Å². The first-order valence-corrected chi connectivity index (χ1v) is 5.83. The lowest BCUT2D eigenvalue weighted by Crippen LogP contribution is -1.99. The van der Waals surface area contributed by atoms with Crippen molar-refractivity contribution in [2.45, 2.75) is 6.54 Å². The molecule has 0 saturated carbocycles. The van der Waals surface area contributed by atoms with Gasteiger partial charge >= 0.3 is 5.97 Å². The Balaban J connectivity index is 2.04. The largest absolute Gasteiger partial charge is 0.475 e. The van der Waals surface area contributed by atoms with E-state index >= 15 is 0 Å². The third kappa shape index (κ3) is 2.97. The standard InChI is InChI=1S/C12H9Cl2NO3/c13-7-1-3-10(9(14)5-7)15-6-8-2-4-11(18-8)12(16)17/h1-5,15H,6H2,(H,16,17). The van der Waals surface area contributed by atoms with Crippen LogP contribution in [0.4, 0.5) is 5.69 Å². The molecule has 6 heteroatoms. The van der Waals surface area contributed by atoms with Crippen molar-refractivity contribution in [3.63, 3.8) is 0 Å². The van der Waals surface area contributed by atoms with Gasteiger partial charge in [-0.2, -0.15) is 0 Å². The van der Waals surface area contributed by atoms with Gasteiger partial charge in [-0.25, -0.2) is 4.79 Å². The maximum atomic E-state index is 10.6. The Bertz CT molecular complexity index is 580. The number of nitrogens with one attached hydrogen (secondary N) is 1. The fourth-order valence-electron chi connectivity index (χ4n) is 1.40. The Hall–Kier alpha value is -1.65. The van der Waals surface area contributed by atoms with Crippen LogP contribution in [-0.2, 0) is 6.54 Å². The first kappa shape index (κ1) is 12.8. The number of hydrogen-bond donors (Lipinski definition) is 2. The van der Waals surface area contributed by atoms with Crippen LogP contribution in [0.15, 0.2) is 34.7 Å². The van der Waals surface area contributed by atoms with Crippen molar-refractivity contribution >= 4 is 34.9 Å². The zero-order chi connectivity index (χ0) is 13.1. The molecule has 1 heterocycles. The van der Waals surface area contributed by atoms with Crippen LogP contribution in [0.1, 0.15) is 16.3 Å². The van der Waals surface area contributed by atoms with Gasteiger partial charge in [0.05, 0.1) is 17.3 Å². The van der Waals surface area contributed by atoms with Crippen molar-refractivity contribution in [3.8, 4) is 0 Å². The number of halogens is 2. The molecule has 0 bridgehead atoms. The maximum Gasteiger partial charge on any atom is 0.371 e. The minimum Gasteiger partial charge on any atom is -0.475 e. The van der Waals surface area contributed by atoms with E-state index in [-0.39, 0.29) is 5.76 Å². The number of hydrogen-bond acceptors (Lipinski definition) is 3. The van der Waals surface area contributed by atoms with Crippen LogP contribution in [0, 0.1) is 0 Å². The molecule has 0 atom stereocenters. The average molecular weight is 286 g/mol. The van der Waals surface area contributed by atoms with Gasteiger partial charge in [-0.1, -0.05) is 23.2 Å². The first-order chi connectivity index (χ1) is 8.56. The second-order valence-electron chi connectivity index (χ2n) is 3.55. The minimum atomic E-state index is -1.09. The summed E-state index contributed by atoms with van der Waals surface area (Å²) < 4.78 is 5.10. The van der Waals surface area contributed by atoms with Crippen LogP contribution in [0.5, 0.6) is 0 Å². The van der Waals surface area contributed by atoms with E-state index in [2.05, 4.69) is 5.32 Å². The summed E-state index contributed by atoms with van der Waals surface area (Å²) >= 11 is 11.8. The number of rotatable bonds is 4. The van der Waals surface area contributed by atoms with Gasteiger partial charge < -0.3 is 14.8 Å². The van der Waals surface area contributed by atoms with Crippen LogP contribution in [-0.4, -0.2) is 11.1 Å². The van der Waals surface area contributed by atoms with Gasteiger partial charge in [0.2, 0.25) is 5.76 Å². The van der Waals surface area contributed by atoms with Crippen molar-refractivity contribution in [3.05, 3.63) is 51.9 Å². The fourth-order valence-corrected chi connectivity index (χ4v) is 1.88. The van der Waals surface area contributed by atoms with E-state index in [1.54, 1.807) is 24.3 Å². The summed E-state index contributed by atoms with van der Waals surface area (Å²) in [7, 11) is 0. The zero-order valence-corrected chi connectivity index (χ0v) is 10.6. The molecule has 94 valence electrons. The van der Waals surface area contributed by atoms with Gasteiger partial charge in [0.1, 0.15) is 5.76 Å². The van der Waals surface area contributed by atoms with E-state index in [0.29, 0.717) is 28.0 Å². The van der Waals surface area contributed by atoms with Gasteiger partial charge in [-0.15, -0.1) is 0 Å². The van der Waals surface area contributed by atoms with E-state index in [4.69, 9.17) is 32.7 Å². The molecule has 2 rings (SSSR count). The van der Waals surface area contributed by atoms with Crippen LogP contribution >= 0.6 is 23.2 Å². The molecule has 0 aliphatic rings. The SMILES string of the molecule is O=C(O)c1ccc(CNc2ccc(Cl)cc2Cl)o1. The fraction of sp³-hybridized carbons (Fsp3) is 0.0833. The van der Waals surface area contributed by atoms with E-state index in [0.717, 1.165) is 0 Å². The van der Waals surface area contributed by atoms with Crippen molar-refractivity contribution in [1.29, 1.82) is 0 Å². The molecule has 0 aliphatic heterocycles. The molecular formula is C12H9Cl2NO3. The van der Waals surface area contributed by atoms with Gasteiger partial charge in [-0.05, 0) is 30.3 Å². The van der Waals surface area contributed by atoms with Crippen LogP contribution in [0.2, 0.25) is 10.0 Å². The Morgan fingerprint density at radius 3 is 2.67 bits per heavy atom. The quantitative estimate of drug-likeness (QED) is 0.894. The molecule has 0 radical (unpaired) electrons. The second kappa shape index (κ2) is 5.33. The predicted octanol–water partition coefficient (Wildman–Crippen LogP) is 3.90. The summed E-state index contributed by atoms with van der Waals surface area (Å²) in [5.74, 6) is -0.668. The monoisotopic (exact) mass is 285 g/mol. The highest BCUT2D eigenvalue weighted by molar-refractivity contribution is 6.36. The Morgan fingerprint density at radius 1 is 1.28 bits per heavy atom. The van der Waals surface area contributed by atoms with E-state index < -0.39 is 5.97 Å². The molecule has 0 spiro atoms. The molecule has 2 aromatic rings.